The van der Waals surface area contributed by atoms with Gasteiger partial charge in [0.25, 0.3) is 0 Å². The van der Waals surface area contributed by atoms with Crippen LogP contribution in [0.3, 0.4) is 0 Å². The minimum Gasteiger partial charge on any atom is -0.496 e. The molecule has 0 spiro atoms. The molecule has 0 unspecified atom stereocenters. The Bertz CT molecular complexity index is 410. The first-order chi connectivity index (χ1) is 8.14. The highest BCUT2D eigenvalue weighted by Gasteiger charge is 2.44. The molecule has 0 atom stereocenters. The zero-order chi connectivity index (χ0) is 12.5. The summed E-state index contributed by atoms with van der Waals surface area (Å²) in [5.41, 5.74) is 0.987. The first-order valence-electron chi connectivity index (χ1n) is 5.61. The predicted molar refractivity (Wildman–Crippen MR) is 63.4 cm³/mol. The van der Waals surface area contributed by atoms with Crippen molar-refractivity contribution in [1.29, 1.82) is 0 Å². The molecule has 0 aliphatic heterocycles. The van der Waals surface area contributed by atoms with Crippen LogP contribution in [-0.4, -0.2) is 26.4 Å². The van der Waals surface area contributed by atoms with Crippen molar-refractivity contribution in [3.8, 4) is 11.5 Å². The summed E-state index contributed by atoms with van der Waals surface area (Å²) in [4.78, 5) is 0. The molecular weight excluding hydrogens is 220 g/mol. The van der Waals surface area contributed by atoms with E-state index in [-0.39, 0.29) is 0 Å². The Hall–Kier alpha value is -1.26. The van der Waals surface area contributed by atoms with Crippen LogP contribution in [0.5, 0.6) is 11.5 Å². The first kappa shape index (κ1) is 12.2. The lowest BCUT2D eigenvalue weighted by molar-refractivity contribution is 0.146. The van der Waals surface area contributed by atoms with Gasteiger partial charge in [-0.15, -0.1) is 0 Å². The zero-order valence-electron chi connectivity index (χ0n) is 10.4. The first-order valence-corrected chi connectivity index (χ1v) is 5.61. The SMILES string of the molecule is COCc1cc(OC)c(C2(O)CC2)cc1OC. The molecule has 1 aromatic carbocycles. The number of benzene rings is 1. The fraction of sp³-hybridized carbons (Fsp3) is 0.538. The quantitative estimate of drug-likeness (QED) is 0.850. The van der Waals surface area contributed by atoms with Gasteiger partial charge >= 0.3 is 0 Å². The summed E-state index contributed by atoms with van der Waals surface area (Å²) in [7, 11) is 4.85. The van der Waals surface area contributed by atoms with Crippen molar-refractivity contribution >= 4 is 0 Å². The van der Waals surface area contributed by atoms with Crippen LogP contribution in [0.1, 0.15) is 24.0 Å². The summed E-state index contributed by atoms with van der Waals surface area (Å²) in [5, 5.41) is 10.2. The highest BCUT2D eigenvalue weighted by atomic mass is 16.5. The van der Waals surface area contributed by atoms with Gasteiger partial charge in [0.05, 0.1) is 26.4 Å². The van der Waals surface area contributed by atoms with Crippen LogP contribution in [0.15, 0.2) is 12.1 Å². The van der Waals surface area contributed by atoms with E-state index in [4.69, 9.17) is 14.2 Å². The van der Waals surface area contributed by atoms with E-state index in [1.165, 1.54) is 0 Å². The standard InChI is InChI=1S/C13H18O4/c1-15-8-9-6-12(17-3)10(7-11(9)16-2)13(14)4-5-13/h6-7,14H,4-5,8H2,1-3H3. The number of hydrogen-bond acceptors (Lipinski definition) is 4. The molecule has 1 aromatic rings. The fourth-order valence-electron chi connectivity index (χ4n) is 1.98. The van der Waals surface area contributed by atoms with Gasteiger partial charge in [0.1, 0.15) is 11.5 Å². The molecular formula is C13H18O4. The average Bonchev–Trinajstić information content (AvgIpc) is 3.08. The maximum atomic E-state index is 10.2. The number of aliphatic hydroxyl groups is 1. The molecule has 1 aliphatic rings. The molecule has 0 bridgehead atoms. The molecule has 4 heteroatoms. The third kappa shape index (κ3) is 2.23. The van der Waals surface area contributed by atoms with Crippen LogP contribution in [-0.2, 0) is 16.9 Å². The zero-order valence-corrected chi connectivity index (χ0v) is 10.4. The lowest BCUT2D eigenvalue weighted by atomic mass is 10.0. The van der Waals surface area contributed by atoms with Crippen molar-refractivity contribution in [2.75, 3.05) is 21.3 Å². The van der Waals surface area contributed by atoms with E-state index in [0.29, 0.717) is 12.4 Å². The second-order valence-corrected chi connectivity index (χ2v) is 4.33. The van der Waals surface area contributed by atoms with Crippen molar-refractivity contribution in [2.45, 2.75) is 25.0 Å². The van der Waals surface area contributed by atoms with E-state index in [1.54, 1.807) is 21.3 Å². The summed E-state index contributed by atoms with van der Waals surface area (Å²) in [6.45, 7) is 0.457. The molecule has 1 N–H and O–H groups in total. The third-order valence-electron chi connectivity index (χ3n) is 3.13. The molecule has 94 valence electrons. The maximum Gasteiger partial charge on any atom is 0.125 e. The topological polar surface area (TPSA) is 47.9 Å². The molecule has 17 heavy (non-hydrogen) atoms. The van der Waals surface area contributed by atoms with Crippen LogP contribution < -0.4 is 9.47 Å². The Morgan fingerprint density at radius 2 is 1.76 bits per heavy atom. The molecule has 2 rings (SSSR count). The summed E-state index contributed by atoms with van der Waals surface area (Å²) in [5.74, 6) is 1.42. The highest BCUT2D eigenvalue weighted by Crippen LogP contribution is 2.50. The number of hydrogen-bond donors (Lipinski definition) is 1. The van der Waals surface area contributed by atoms with Gasteiger partial charge in [-0.2, -0.15) is 0 Å². The van der Waals surface area contributed by atoms with Gasteiger partial charge in [-0.05, 0) is 25.0 Å². The molecule has 0 amide bonds. The van der Waals surface area contributed by atoms with E-state index in [2.05, 4.69) is 0 Å². The van der Waals surface area contributed by atoms with E-state index >= 15 is 0 Å². The molecule has 0 heterocycles. The third-order valence-corrected chi connectivity index (χ3v) is 3.13. The van der Waals surface area contributed by atoms with Crippen LogP contribution in [0, 0.1) is 0 Å². The molecule has 0 radical (unpaired) electrons. The Morgan fingerprint density at radius 1 is 1.12 bits per heavy atom. The summed E-state index contributed by atoms with van der Waals surface area (Å²) in [6.07, 6.45) is 1.55. The van der Waals surface area contributed by atoms with Crippen LogP contribution in [0.4, 0.5) is 0 Å². The largest absolute Gasteiger partial charge is 0.496 e. The highest BCUT2D eigenvalue weighted by molar-refractivity contribution is 5.50. The normalized spacial score (nSPS) is 16.7. The molecule has 0 aromatic heterocycles. The molecule has 0 saturated heterocycles. The van der Waals surface area contributed by atoms with Crippen molar-refractivity contribution < 1.29 is 19.3 Å². The van der Waals surface area contributed by atoms with Gasteiger partial charge in [0.15, 0.2) is 0 Å². The second-order valence-electron chi connectivity index (χ2n) is 4.33. The van der Waals surface area contributed by atoms with Crippen molar-refractivity contribution in [2.24, 2.45) is 0 Å². The predicted octanol–water partition coefficient (Wildman–Crippen LogP) is 1.83. The Kier molecular flexibility index (Phi) is 3.26. The van der Waals surface area contributed by atoms with Gasteiger partial charge in [-0.25, -0.2) is 0 Å². The van der Waals surface area contributed by atoms with E-state index in [0.717, 1.165) is 29.7 Å². The molecule has 4 nitrogen and oxygen atoms in total. The number of methoxy groups -OCH3 is 3. The molecule has 1 aliphatic carbocycles. The smallest absolute Gasteiger partial charge is 0.125 e. The minimum atomic E-state index is -0.732. The molecule has 1 saturated carbocycles. The van der Waals surface area contributed by atoms with Gasteiger partial charge in [-0.3, -0.25) is 0 Å². The Labute approximate surface area is 101 Å². The van der Waals surface area contributed by atoms with Gasteiger partial charge < -0.3 is 19.3 Å². The fourth-order valence-corrected chi connectivity index (χ4v) is 1.98. The van der Waals surface area contributed by atoms with Crippen molar-refractivity contribution in [3.05, 3.63) is 23.3 Å². The maximum absolute atomic E-state index is 10.2. The Morgan fingerprint density at radius 3 is 2.24 bits per heavy atom. The number of ether oxygens (including phenoxy) is 3. The van der Waals surface area contributed by atoms with E-state index < -0.39 is 5.60 Å². The molecule has 1 fully saturated rings. The lowest BCUT2D eigenvalue weighted by Gasteiger charge is -2.17. The van der Waals surface area contributed by atoms with Crippen LogP contribution in [0.2, 0.25) is 0 Å². The minimum absolute atomic E-state index is 0.457. The van der Waals surface area contributed by atoms with Crippen molar-refractivity contribution in [1.82, 2.24) is 0 Å². The van der Waals surface area contributed by atoms with Crippen molar-refractivity contribution in [3.63, 3.8) is 0 Å². The summed E-state index contributed by atoms with van der Waals surface area (Å²) < 4.78 is 15.8. The Balaban J connectivity index is 2.45. The van der Waals surface area contributed by atoms with Gasteiger partial charge in [-0.1, -0.05) is 0 Å². The summed E-state index contributed by atoms with van der Waals surface area (Å²) >= 11 is 0. The van der Waals surface area contributed by atoms with Crippen LogP contribution >= 0.6 is 0 Å². The van der Waals surface area contributed by atoms with Gasteiger partial charge in [0, 0.05) is 18.2 Å². The monoisotopic (exact) mass is 238 g/mol. The van der Waals surface area contributed by atoms with Gasteiger partial charge in [0.2, 0.25) is 0 Å². The van der Waals surface area contributed by atoms with Crippen LogP contribution in [0.25, 0.3) is 0 Å². The second kappa shape index (κ2) is 4.55. The summed E-state index contributed by atoms with van der Waals surface area (Å²) in [6, 6.07) is 3.72. The number of rotatable bonds is 5. The lowest BCUT2D eigenvalue weighted by Crippen LogP contribution is -2.08. The average molecular weight is 238 g/mol. The van der Waals surface area contributed by atoms with E-state index in [9.17, 15) is 5.11 Å². The van der Waals surface area contributed by atoms with E-state index in [1.807, 2.05) is 12.1 Å².